The molecule has 0 aliphatic rings. The second kappa shape index (κ2) is 7.80. The molecule has 0 amide bonds. The second-order valence-corrected chi connectivity index (χ2v) is 7.00. The van der Waals surface area contributed by atoms with Gasteiger partial charge in [0.2, 0.25) is 0 Å². The van der Waals surface area contributed by atoms with E-state index in [2.05, 4.69) is 4.98 Å². The van der Waals surface area contributed by atoms with Crippen LogP contribution < -0.4 is 14.2 Å². The van der Waals surface area contributed by atoms with Gasteiger partial charge < -0.3 is 14.2 Å². The van der Waals surface area contributed by atoms with Gasteiger partial charge in [-0.25, -0.2) is 4.98 Å². The quantitative estimate of drug-likeness (QED) is 0.326. The smallest absolute Gasteiger partial charge is 0.276 e. The highest BCUT2D eigenvalue weighted by Crippen LogP contribution is 2.34. The fourth-order valence-corrected chi connectivity index (χ4v) is 3.81. The van der Waals surface area contributed by atoms with Crippen LogP contribution in [0.1, 0.15) is 5.56 Å². The monoisotopic (exact) mass is 411 g/mol. The third kappa shape index (κ3) is 3.59. The zero-order chi connectivity index (χ0) is 20.4. The second-order valence-electron chi connectivity index (χ2n) is 6.11. The van der Waals surface area contributed by atoms with E-state index in [1.165, 1.54) is 17.4 Å². The van der Waals surface area contributed by atoms with E-state index >= 15 is 0 Å². The molecule has 148 valence electrons. The molecule has 2 aromatic carbocycles. The van der Waals surface area contributed by atoms with Crippen LogP contribution in [0.4, 0.5) is 5.69 Å². The van der Waals surface area contributed by atoms with Crippen molar-refractivity contribution in [3.05, 3.63) is 69.8 Å². The van der Waals surface area contributed by atoms with Crippen molar-refractivity contribution in [3.63, 3.8) is 0 Å². The predicted molar refractivity (Wildman–Crippen MR) is 109 cm³/mol. The molecule has 0 radical (unpaired) electrons. The van der Waals surface area contributed by atoms with Gasteiger partial charge in [-0.1, -0.05) is 12.1 Å². The molecule has 0 N–H and O–H groups in total. The number of rotatable bonds is 7. The van der Waals surface area contributed by atoms with Gasteiger partial charge in [0, 0.05) is 29.6 Å². The minimum Gasteiger partial charge on any atom is -0.493 e. The Morgan fingerprint density at radius 2 is 1.90 bits per heavy atom. The lowest BCUT2D eigenvalue weighted by Crippen LogP contribution is -1.99. The first-order chi connectivity index (χ1) is 14.1. The first-order valence-electron chi connectivity index (χ1n) is 8.63. The molecule has 2 heterocycles. The molecule has 0 unspecified atom stereocenters. The molecule has 0 spiro atoms. The van der Waals surface area contributed by atoms with Crippen molar-refractivity contribution in [2.45, 2.75) is 6.61 Å². The summed E-state index contributed by atoms with van der Waals surface area (Å²) in [5.41, 5.74) is 2.22. The number of nitro groups is 1. The van der Waals surface area contributed by atoms with Crippen molar-refractivity contribution < 1.29 is 19.1 Å². The van der Waals surface area contributed by atoms with E-state index in [9.17, 15) is 10.1 Å². The van der Waals surface area contributed by atoms with Gasteiger partial charge >= 0.3 is 0 Å². The van der Waals surface area contributed by atoms with Gasteiger partial charge in [-0.15, -0.1) is 11.3 Å². The number of thiophene rings is 1. The van der Waals surface area contributed by atoms with Crippen molar-refractivity contribution in [1.29, 1.82) is 0 Å². The van der Waals surface area contributed by atoms with Crippen LogP contribution in [-0.2, 0) is 6.61 Å². The molecule has 29 heavy (non-hydrogen) atoms. The summed E-state index contributed by atoms with van der Waals surface area (Å²) in [5, 5.41) is 13.9. The number of hydrogen-bond donors (Lipinski definition) is 0. The molecule has 0 aliphatic carbocycles. The van der Waals surface area contributed by atoms with E-state index < -0.39 is 4.92 Å². The van der Waals surface area contributed by atoms with E-state index in [0.717, 1.165) is 16.0 Å². The Balaban J connectivity index is 1.59. The summed E-state index contributed by atoms with van der Waals surface area (Å²) in [6.07, 6.45) is 1.72. The molecule has 0 aliphatic heterocycles. The summed E-state index contributed by atoms with van der Waals surface area (Å²) in [6.45, 7) is 0.114. The van der Waals surface area contributed by atoms with E-state index in [1.54, 1.807) is 38.7 Å². The minimum absolute atomic E-state index is 0.0459. The highest BCUT2D eigenvalue weighted by atomic mass is 32.1. The average Bonchev–Trinajstić information content (AvgIpc) is 3.37. The van der Waals surface area contributed by atoms with Crippen molar-refractivity contribution >= 4 is 28.1 Å². The topological polar surface area (TPSA) is 88.7 Å². The fourth-order valence-electron chi connectivity index (χ4n) is 2.99. The Kier molecular flexibility index (Phi) is 5.05. The number of imidazole rings is 1. The van der Waals surface area contributed by atoms with Gasteiger partial charge in [0.05, 0.1) is 35.7 Å². The van der Waals surface area contributed by atoms with Crippen LogP contribution in [0.3, 0.4) is 0 Å². The normalized spacial score (nSPS) is 10.8. The number of aromatic nitrogens is 2. The van der Waals surface area contributed by atoms with E-state index in [0.29, 0.717) is 22.8 Å². The molecule has 0 bridgehead atoms. The van der Waals surface area contributed by atoms with Crippen LogP contribution >= 0.6 is 11.3 Å². The van der Waals surface area contributed by atoms with Crippen LogP contribution in [0.5, 0.6) is 17.2 Å². The number of methoxy groups -OCH3 is 2. The zero-order valence-corrected chi connectivity index (χ0v) is 16.5. The van der Waals surface area contributed by atoms with Crippen LogP contribution in [0.25, 0.3) is 16.0 Å². The third-order valence-corrected chi connectivity index (χ3v) is 5.34. The molecule has 0 fully saturated rings. The number of hydrogen-bond acceptors (Lipinski definition) is 7. The number of nitro benzene ring substituents is 1. The van der Waals surface area contributed by atoms with E-state index in [-0.39, 0.29) is 12.3 Å². The number of fused-ring (bicyclic) bond motifs is 1. The summed E-state index contributed by atoms with van der Waals surface area (Å²) >= 11 is 1.48. The molecule has 4 rings (SSSR count). The summed E-state index contributed by atoms with van der Waals surface area (Å²) in [4.78, 5) is 15.2. The van der Waals surface area contributed by atoms with Gasteiger partial charge in [-0.2, -0.15) is 0 Å². The van der Waals surface area contributed by atoms with E-state index in [1.807, 2.05) is 28.1 Å². The Bertz CT molecular complexity index is 1180. The lowest BCUT2D eigenvalue weighted by Gasteiger charge is -2.08. The SMILES string of the molecule is COc1cc2ncn(-c3cc(OCc4ccccc4[N+](=O)[O-])cs3)c2cc1OC. The molecule has 9 heteroatoms. The highest BCUT2D eigenvalue weighted by Gasteiger charge is 2.15. The minimum atomic E-state index is -0.406. The van der Waals surface area contributed by atoms with Crippen molar-refractivity contribution in [3.8, 4) is 22.2 Å². The molecular weight excluding hydrogens is 394 g/mol. The van der Waals surface area contributed by atoms with Crippen LogP contribution in [-0.4, -0.2) is 28.7 Å². The van der Waals surface area contributed by atoms with Crippen LogP contribution in [0, 0.1) is 10.1 Å². The van der Waals surface area contributed by atoms with Crippen molar-refractivity contribution in [1.82, 2.24) is 9.55 Å². The number of para-hydroxylation sites is 1. The predicted octanol–water partition coefficient (Wildman–Crippen LogP) is 4.59. The maximum Gasteiger partial charge on any atom is 0.276 e. The largest absolute Gasteiger partial charge is 0.493 e. The highest BCUT2D eigenvalue weighted by molar-refractivity contribution is 7.12. The van der Waals surface area contributed by atoms with Gasteiger partial charge in [0.15, 0.2) is 11.5 Å². The lowest BCUT2D eigenvalue weighted by molar-refractivity contribution is -0.385. The Morgan fingerprint density at radius 3 is 2.66 bits per heavy atom. The van der Waals surface area contributed by atoms with Gasteiger partial charge in [-0.05, 0) is 6.07 Å². The summed E-state index contributed by atoms with van der Waals surface area (Å²) in [6, 6.07) is 12.1. The third-order valence-electron chi connectivity index (χ3n) is 4.43. The van der Waals surface area contributed by atoms with Crippen molar-refractivity contribution in [2.75, 3.05) is 14.2 Å². The van der Waals surface area contributed by atoms with Crippen LogP contribution in [0.15, 0.2) is 54.2 Å². The average molecular weight is 411 g/mol. The summed E-state index contributed by atoms with van der Waals surface area (Å²) in [7, 11) is 3.17. The molecule has 0 saturated heterocycles. The maximum absolute atomic E-state index is 11.1. The number of ether oxygens (including phenoxy) is 3. The van der Waals surface area contributed by atoms with Gasteiger partial charge in [-0.3, -0.25) is 14.7 Å². The molecule has 2 aromatic heterocycles. The Hall–Kier alpha value is -3.59. The van der Waals surface area contributed by atoms with Gasteiger partial charge in [0.25, 0.3) is 5.69 Å². The Morgan fingerprint density at radius 1 is 1.14 bits per heavy atom. The lowest BCUT2D eigenvalue weighted by atomic mass is 10.2. The van der Waals surface area contributed by atoms with Crippen molar-refractivity contribution in [2.24, 2.45) is 0 Å². The Labute approximate surface area is 170 Å². The molecule has 0 atom stereocenters. The first kappa shape index (κ1) is 18.8. The molecule has 4 aromatic rings. The van der Waals surface area contributed by atoms with Gasteiger partial charge in [0.1, 0.15) is 23.7 Å². The standard InChI is InChI=1S/C20H17N3O5S/c1-26-18-8-15-17(9-19(18)27-2)22(12-21-15)20-7-14(11-29-20)28-10-13-5-3-4-6-16(13)23(24)25/h3-9,11-12H,10H2,1-2H3. The fraction of sp³-hybridized carbons (Fsp3) is 0.150. The molecule has 0 saturated carbocycles. The summed E-state index contributed by atoms with van der Waals surface area (Å²) in [5.74, 6) is 1.86. The number of benzene rings is 2. The molecule has 8 nitrogen and oxygen atoms in total. The number of nitrogens with zero attached hydrogens (tertiary/aromatic N) is 3. The first-order valence-corrected chi connectivity index (χ1v) is 9.51. The summed E-state index contributed by atoms with van der Waals surface area (Å²) < 4.78 is 18.4. The molecular formula is C20H17N3O5S. The van der Waals surface area contributed by atoms with Crippen LogP contribution in [0.2, 0.25) is 0 Å². The van der Waals surface area contributed by atoms with E-state index in [4.69, 9.17) is 14.2 Å². The maximum atomic E-state index is 11.1. The zero-order valence-electron chi connectivity index (χ0n) is 15.7.